The van der Waals surface area contributed by atoms with E-state index in [9.17, 15) is 4.79 Å². The summed E-state index contributed by atoms with van der Waals surface area (Å²) in [7, 11) is 0. The number of nitrogens with zero attached hydrogens (tertiary/aromatic N) is 1. The maximum Gasteiger partial charge on any atom is 0.337 e. The number of hydrogen-bond donors (Lipinski definition) is 3. The molecule has 2 aliphatic carbocycles. The minimum atomic E-state index is -1.00. The van der Waals surface area contributed by atoms with Gasteiger partial charge in [0.15, 0.2) is 0 Å². The third-order valence-corrected chi connectivity index (χ3v) is 4.11. The predicted octanol–water partition coefficient (Wildman–Crippen LogP) is 1.96. The Morgan fingerprint density at radius 2 is 2.28 bits per heavy atom. The fourth-order valence-corrected chi connectivity index (χ4v) is 2.59. The molecule has 0 aliphatic heterocycles. The van der Waals surface area contributed by atoms with E-state index in [1.54, 1.807) is 0 Å². The summed E-state index contributed by atoms with van der Waals surface area (Å²) in [6.45, 7) is 0.904. The molecule has 0 saturated heterocycles. The molecule has 5 heteroatoms. The third kappa shape index (κ3) is 2.00. The quantitative estimate of drug-likeness (QED) is 0.740. The second-order valence-corrected chi connectivity index (χ2v) is 5.46. The average molecular weight is 247 g/mol. The lowest BCUT2D eigenvalue weighted by Gasteiger charge is -2.16. The lowest BCUT2D eigenvalue weighted by molar-refractivity contribution is 0.0696. The van der Waals surface area contributed by atoms with Crippen LogP contribution in [0.4, 0.5) is 11.5 Å². The van der Waals surface area contributed by atoms with Crippen LogP contribution in [0.2, 0.25) is 0 Å². The molecule has 0 radical (unpaired) electrons. The first-order chi connectivity index (χ1) is 8.61. The Bertz CT molecular complexity index is 493. The summed E-state index contributed by atoms with van der Waals surface area (Å²) >= 11 is 0. The first kappa shape index (κ1) is 11.3. The zero-order valence-electron chi connectivity index (χ0n) is 10.1. The Labute approximate surface area is 105 Å². The van der Waals surface area contributed by atoms with Crippen LogP contribution in [-0.2, 0) is 0 Å². The molecule has 18 heavy (non-hydrogen) atoms. The molecule has 2 saturated carbocycles. The number of pyridine rings is 1. The Morgan fingerprint density at radius 1 is 1.56 bits per heavy atom. The van der Waals surface area contributed by atoms with E-state index in [0.29, 0.717) is 16.9 Å². The summed E-state index contributed by atoms with van der Waals surface area (Å²) in [6, 6.07) is 1.45. The van der Waals surface area contributed by atoms with Crippen molar-refractivity contribution >= 4 is 17.5 Å². The van der Waals surface area contributed by atoms with Gasteiger partial charge in [0, 0.05) is 12.7 Å². The Balaban J connectivity index is 1.67. The van der Waals surface area contributed by atoms with Gasteiger partial charge in [-0.2, -0.15) is 0 Å². The number of aromatic carboxylic acids is 1. The van der Waals surface area contributed by atoms with Crippen LogP contribution < -0.4 is 11.1 Å². The van der Waals surface area contributed by atoms with Gasteiger partial charge in [-0.3, -0.25) is 0 Å². The highest BCUT2D eigenvalue weighted by Crippen LogP contribution is 2.61. The van der Waals surface area contributed by atoms with Crippen molar-refractivity contribution in [1.29, 1.82) is 0 Å². The molecule has 0 spiro atoms. The van der Waals surface area contributed by atoms with Crippen LogP contribution in [0.5, 0.6) is 0 Å². The number of nitrogens with one attached hydrogen (secondary N) is 1. The first-order valence-electron chi connectivity index (χ1n) is 6.33. The molecule has 1 aromatic heterocycles. The van der Waals surface area contributed by atoms with Crippen molar-refractivity contribution < 1.29 is 9.90 Å². The lowest BCUT2D eigenvalue weighted by Crippen LogP contribution is -2.19. The van der Waals surface area contributed by atoms with Gasteiger partial charge in [0.1, 0.15) is 5.82 Å². The van der Waals surface area contributed by atoms with Crippen molar-refractivity contribution in [2.24, 2.45) is 11.3 Å². The van der Waals surface area contributed by atoms with Crippen LogP contribution in [0.25, 0.3) is 0 Å². The number of hydrogen-bond acceptors (Lipinski definition) is 4. The highest BCUT2D eigenvalue weighted by atomic mass is 16.4. The van der Waals surface area contributed by atoms with Gasteiger partial charge < -0.3 is 16.2 Å². The molecule has 2 aliphatic rings. The van der Waals surface area contributed by atoms with Gasteiger partial charge >= 0.3 is 5.97 Å². The Hall–Kier alpha value is -1.78. The fraction of sp³-hybridized carbons (Fsp3) is 0.538. The summed E-state index contributed by atoms with van der Waals surface area (Å²) in [6.07, 6.45) is 6.62. The maximum absolute atomic E-state index is 10.8. The molecule has 0 amide bonds. The van der Waals surface area contributed by atoms with E-state index in [2.05, 4.69) is 10.3 Å². The van der Waals surface area contributed by atoms with Gasteiger partial charge in [-0.25, -0.2) is 9.78 Å². The van der Waals surface area contributed by atoms with Crippen LogP contribution in [0.15, 0.2) is 12.3 Å². The van der Waals surface area contributed by atoms with Crippen molar-refractivity contribution in [2.75, 3.05) is 17.6 Å². The van der Waals surface area contributed by atoms with Gasteiger partial charge in [0.25, 0.3) is 0 Å². The molecule has 4 N–H and O–H groups in total. The zero-order chi connectivity index (χ0) is 12.8. The summed E-state index contributed by atoms with van der Waals surface area (Å²) in [4.78, 5) is 14.9. The molecule has 2 fully saturated rings. The number of rotatable bonds is 5. The predicted molar refractivity (Wildman–Crippen MR) is 68.5 cm³/mol. The molecule has 0 atom stereocenters. The van der Waals surface area contributed by atoms with Gasteiger partial charge in [-0.05, 0) is 43.1 Å². The van der Waals surface area contributed by atoms with Gasteiger partial charge in [-0.15, -0.1) is 0 Å². The van der Waals surface area contributed by atoms with Gasteiger partial charge in [-0.1, -0.05) is 0 Å². The summed E-state index contributed by atoms with van der Waals surface area (Å²) < 4.78 is 0. The molecule has 0 bridgehead atoms. The number of aromatic nitrogens is 1. The number of carboxylic acids is 1. The molecule has 0 aromatic carbocycles. The van der Waals surface area contributed by atoms with Crippen molar-refractivity contribution in [2.45, 2.75) is 25.7 Å². The molecule has 3 rings (SSSR count). The second-order valence-electron chi connectivity index (χ2n) is 5.46. The van der Waals surface area contributed by atoms with E-state index >= 15 is 0 Å². The molecule has 5 nitrogen and oxygen atoms in total. The Morgan fingerprint density at radius 3 is 2.78 bits per heavy atom. The third-order valence-electron chi connectivity index (χ3n) is 4.11. The summed E-state index contributed by atoms with van der Waals surface area (Å²) in [5.74, 6) is 0.480. The van der Waals surface area contributed by atoms with E-state index < -0.39 is 5.97 Å². The van der Waals surface area contributed by atoms with E-state index in [4.69, 9.17) is 10.8 Å². The highest BCUT2D eigenvalue weighted by Gasteiger charge is 2.53. The second kappa shape index (κ2) is 3.86. The minimum absolute atomic E-state index is 0.126. The molecular weight excluding hydrogens is 230 g/mol. The van der Waals surface area contributed by atoms with Gasteiger partial charge in [0.05, 0.1) is 11.3 Å². The molecular formula is C13H17N3O2. The van der Waals surface area contributed by atoms with Crippen LogP contribution >= 0.6 is 0 Å². The number of nitrogen functional groups attached to an aromatic ring is 1. The Kier molecular flexibility index (Phi) is 2.43. The smallest absolute Gasteiger partial charge is 0.337 e. The molecule has 1 heterocycles. The summed E-state index contributed by atoms with van der Waals surface area (Å²) in [5.41, 5.74) is 6.81. The standard InChI is InChI=1S/C13H17N3O2/c14-10-5-8(12(17)18)6-15-11(10)16-7-13(3-4-13)9-1-2-9/h5-6,9H,1-4,7,14H2,(H,15,16)(H,17,18). The van der Waals surface area contributed by atoms with Crippen LogP contribution in [0, 0.1) is 11.3 Å². The van der Waals surface area contributed by atoms with Gasteiger partial charge in [0.2, 0.25) is 0 Å². The lowest BCUT2D eigenvalue weighted by atomic mass is 10.0. The maximum atomic E-state index is 10.8. The number of anilines is 2. The van der Waals surface area contributed by atoms with E-state index in [0.717, 1.165) is 12.5 Å². The first-order valence-corrected chi connectivity index (χ1v) is 6.33. The molecule has 96 valence electrons. The highest BCUT2D eigenvalue weighted by molar-refractivity contribution is 5.89. The minimum Gasteiger partial charge on any atom is -0.478 e. The largest absolute Gasteiger partial charge is 0.478 e. The van der Waals surface area contributed by atoms with E-state index in [1.807, 2.05) is 0 Å². The van der Waals surface area contributed by atoms with Crippen molar-refractivity contribution in [3.8, 4) is 0 Å². The number of nitrogens with two attached hydrogens (primary N) is 1. The number of carboxylic acid groups (broad SMARTS) is 1. The van der Waals surface area contributed by atoms with Crippen LogP contribution in [0.3, 0.4) is 0 Å². The number of carbonyl (C=O) groups is 1. The summed E-state index contributed by atoms with van der Waals surface area (Å²) in [5, 5.41) is 12.1. The fourth-order valence-electron chi connectivity index (χ4n) is 2.59. The van der Waals surface area contributed by atoms with E-state index in [1.165, 1.54) is 37.9 Å². The zero-order valence-corrected chi connectivity index (χ0v) is 10.1. The molecule has 1 aromatic rings. The van der Waals surface area contributed by atoms with E-state index in [-0.39, 0.29) is 5.56 Å². The normalized spacial score (nSPS) is 20.4. The SMILES string of the molecule is Nc1cc(C(=O)O)cnc1NCC1(C2CC2)CC1. The monoisotopic (exact) mass is 247 g/mol. The van der Waals surface area contributed by atoms with Crippen LogP contribution in [0.1, 0.15) is 36.0 Å². The molecule has 0 unspecified atom stereocenters. The van der Waals surface area contributed by atoms with Crippen molar-refractivity contribution in [3.63, 3.8) is 0 Å². The van der Waals surface area contributed by atoms with Crippen molar-refractivity contribution in [3.05, 3.63) is 17.8 Å². The topological polar surface area (TPSA) is 88.2 Å². The van der Waals surface area contributed by atoms with Crippen molar-refractivity contribution in [1.82, 2.24) is 4.98 Å². The average Bonchev–Trinajstić information content (AvgIpc) is 3.19. The van der Waals surface area contributed by atoms with Crippen LogP contribution in [-0.4, -0.2) is 22.6 Å².